The molecule has 0 bridgehead atoms. The smallest absolute Gasteiger partial charge is 0.207 e. The van der Waals surface area contributed by atoms with E-state index in [0.29, 0.717) is 22.1 Å². The molecule has 8 heteroatoms. The van der Waals surface area contributed by atoms with E-state index in [1.165, 1.54) is 0 Å². The predicted octanol–water partition coefficient (Wildman–Crippen LogP) is 4.05. The second-order valence-electron chi connectivity index (χ2n) is 6.05. The molecule has 1 atom stereocenters. The lowest BCUT2D eigenvalue weighted by molar-refractivity contribution is 0.0959. The SMILES string of the molecule is COc1ccc(-c2csc(CC(C)n3cc(Cl)cn3)n2)c2c1C(=O)CO2. The minimum Gasteiger partial charge on any atom is -0.496 e. The molecule has 0 saturated carbocycles. The molecule has 4 rings (SSSR count). The summed E-state index contributed by atoms with van der Waals surface area (Å²) in [7, 11) is 1.55. The second-order valence-corrected chi connectivity index (χ2v) is 7.43. The maximum absolute atomic E-state index is 12.1. The maximum Gasteiger partial charge on any atom is 0.207 e. The lowest BCUT2D eigenvalue weighted by Crippen LogP contribution is -2.08. The number of aromatic nitrogens is 3. The minimum atomic E-state index is -0.0710. The van der Waals surface area contributed by atoms with Gasteiger partial charge in [-0.05, 0) is 19.1 Å². The van der Waals surface area contributed by atoms with Crippen molar-refractivity contribution in [2.75, 3.05) is 13.7 Å². The molecule has 0 saturated heterocycles. The number of methoxy groups -OCH3 is 1. The summed E-state index contributed by atoms with van der Waals surface area (Å²) in [6, 6.07) is 3.81. The molecule has 0 radical (unpaired) electrons. The fraction of sp³-hybridized carbons (Fsp3) is 0.278. The number of hydrogen-bond acceptors (Lipinski definition) is 6. The van der Waals surface area contributed by atoms with Crippen molar-refractivity contribution in [2.45, 2.75) is 19.4 Å². The molecular weight excluding hydrogens is 374 g/mol. The largest absolute Gasteiger partial charge is 0.496 e. The van der Waals surface area contributed by atoms with Crippen molar-refractivity contribution in [1.82, 2.24) is 14.8 Å². The molecule has 0 amide bonds. The van der Waals surface area contributed by atoms with Crippen molar-refractivity contribution < 1.29 is 14.3 Å². The maximum atomic E-state index is 12.1. The van der Waals surface area contributed by atoms with Gasteiger partial charge in [0.15, 0.2) is 6.61 Å². The van der Waals surface area contributed by atoms with Crippen LogP contribution in [0.25, 0.3) is 11.3 Å². The standard InChI is InChI=1S/C18H16ClN3O3S/c1-10(22-7-11(19)6-20-22)5-16-21-13(9-26-16)12-3-4-15(24-2)17-14(23)8-25-18(12)17/h3-4,6-7,9-10H,5,8H2,1-2H3. The Morgan fingerprint density at radius 3 is 3.04 bits per heavy atom. The van der Waals surface area contributed by atoms with Gasteiger partial charge < -0.3 is 9.47 Å². The summed E-state index contributed by atoms with van der Waals surface area (Å²) in [6.07, 6.45) is 4.16. The van der Waals surface area contributed by atoms with Crippen LogP contribution < -0.4 is 9.47 Å². The number of ether oxygens (including phenoxy) is 2. The molecule has 26 heavy (non-hydrogen) atoms. The van der Waals surface area contributed by atoms with Gasteiger partial charge in [-0.25, -0.2) is 4.98 Å². The number of rotatable bonds is 5. The molecule has 0 spiro atoms. The number of hydrogen-bond donors (Lipinski definition) is 0. The molecule has 134 valence electrons. The zero-order valence-corrected chi connectivity index (χ0v) is 15.8. The van der Waals surface area contributed by atoms with Gasteiger partial charge in [0.2, 0.25) is 5.78 Å². The molecule has 0 aliphatic carbocycles. The van der Waals surface area contributed by atoms with Crippen molar-refractivity contribution in [1.29, 1.82) is 0 Å². The number of nitrogens with zero attached hydrogens (tertiary/aromatic N) is 3. The highest BCUT2D eigenvalue weighted by Gasteiger charge is 2.29. The Hall–Kier alpha value is -2.38. The molecule has 0 N–H and O–H groups in total. The van der Waals surface area contributed by atoms with Crippen molar-refractivity contribution in [3.8, 4) is 22.8 Å². The predicted molar refractivity (Wildman–Crippen MR) is 99.6 cm³/mol. The molecule has 1 aromatic carbocycles. The van der Waals surface area contributed by atoms with E-state index in [9.17, 15) is 4.79 Å². The summed E-state index contributed by atoms with van der Waals surface area (Å²) in [5.41, 5.74) is 2.10. The Bertz CT molecular complexity index is 982. The van der Waals surface area contributed by atoms with Gasteiger partial charge in [-0.3, -0.25) is 9.48 Å². The van der Waals surface area contributed by atoms with Gasteiger partial charge in [-0.1, -0.05) is 11.6 Å². The van der Waals surface area contributed by atoms with E-state index in [4.69, 9.17) is 26.1 Å². The highest BCUT2D eigenvalue weighted by Crippen LogP contribution is 2.42. The van der Waals surface area contributed by atoms with E-state index in [2.05, 4.69) is 12.0 Å². The zero-order valence-electron chi connectivity index (χ0n) is 14.2. The Morgan fingerprint density at radius 1 is 1.46 bits per heavy atom. The lowest BCUT2D eigenvalue weighted by atomic mass is 10.0. The fourth-order valence-electron chi connectivity index (χ4n) is 2.99. The van der Waals surface area contributed by atoms with Gasteiger partial charge >= 0.3 is 0 Å². The normalized spacial score (nSPS) is 14.2. The molecule has 3 heterocycles. The van der Waals surface area contributed by atoms with Gasteiger partial charge in [-0.2, -0.15) is 5.10 Å². The zero-order chi connectivity index (χ0) is 18.3. The van der Waals surface area contributed by atoms with Gasteiger partial charge in [0, 0.05) is 23.6 Å². The summed E-state index contributed by atoms with van der Waals surface area (Å²) in [5, 5.41) is 7.82. The van der Waals surface area contributed by atoms with Crippen LogP contribution in [-0.2, 0) is 6.42 Å². The Kier molecular flexibility index (Phi) is 4.42. The quantitative estimate of drug-likeness (QED) is 0.658. The molecule has 1 aliphatic heterocycles. The van der Waals surface area contributed by atoms with Crippen LogP contribution in [0.3, 0.4) is 0 Å². The third-order valence-electron chi connectivity index (χ3n) is 4.29. The minimum absolute atomic E-state index is 0.0385. The number of fused-ring (bicyclic) bond motifs is 1. The average molecular weight is 390 g/mol. The van der Waals surface area contributed by atoms with Crippen LogP contribution in [0.1, 0.15) is 28.3 Å². The lowest BCUT2D eigenvalue weighted by Gasteiger charge is -2.10. The number of carbonyl (C=O) groups excluding carboxylic acids is 1. The van der Waals surface area contributed by atoms with Gasteiger partial charge in [-0.15, -0.1) is 11.3 Å². The Morgan fingerprint density at radius 2 is 2.31 bits per heavy atom. The number of thiazole rings is 1. The topological polar surface area (TPSA) is 66.2 Å². The van der Waals surface area contributed by atoms with Gasteiger partial charge in [0.25, 0.3) is 0 Å². The van der Waals surface area contributed by atoms with Crippen LogP contribution in [0.5, 0.6) is 11.5 Å². The van der Waals surface area contributed by atoms with Crippen molar-refractivity contribution in [3.05, 3.63) is 45.5 Å². The van der Waals surface area contributed by atoms with E-state index < -0.39 is 0 Å². The number of benzene rings is 1. The number of halogens is 1. The summed E-state index contributed by atoms with van der Waals surface area (Å²) >= 11 is 7.51. The molecule has 3 aromatic rings. The molecule has 1 unspecified atom stereocenters. The first-order chi connectivity index (χ1) is 12.6. The van der Waals surface area contributed by atoms with E-state index in [-0.39, 0.29) is 18.4 Å². The summed E-state index contributed by atoms with van der Waals surface area (Å²) < 4.78 is 12.7. The second kappa shape index (κ2) is 6.74. The fourth-order valence-corrected chi connectivity index (χ4v) is 4.05. The summed E-state index contributed by atoms with van der Waals surface area (Å²) in [4.78, 5) is 16.8. The molecule has 1 aliphatic rings. The molecule has 0 fully saturated rings. The van der Waals surface area contributed by atoms with Crippen LogP contribution in [0.2, 0.25) is 5.02 Å². The molecule has 6 nitrogen and oxygen atoms in total. The average Bonchev–Trinajstić information content (AvgIpc) is 3.35. The van der Waals surface area contributed by atoms with E-state index in [1.807, 2.05) is 16.1 Å². The number of ketones is 1. The summed E-state index contributed by atoms with van der Waals surface area (Å²) in [6.45, 7) is 2.11. The Balaban J connectivity index is 1.62. The van der Waals surface area contributed by atoms with E-state index in [1.54, 1.807) is 36.9 Å². The van der Waals surface area contributed by atoms with Crippen molar-refractivity contribution in [2.24, 2.45) is 0 Å². The molecule has 2 aromatic heterocycles. The first-order valence-electron chi connectivity index (χ1n) is 8.08. The van der Waals surface area contributed by atoms with Crippen LogP contribution in [0.15, 0.2) is 29.9 Å². The number of carbonyl (C=O) groups is 1. The van der Waals surface area contributed by atoms with Crippen LogP contribution >= 0.6 is 22.9 Å². The first-order valence-corrected chi connectivity index (χ1v) is 9.34. The highest BCUT2D eigenvalue weighted by molar-refractivity contribution is 7.09. The van der Waals surface area contributed by atoms with Crippen molar-refractivity contribution in [3.63, 3.8) is 0 Å². The van der Waals surface area contributed by atoms with E-state index in [0.717, 1.165) is 22.7 Å². The monoisotopic (exact) mass is 389 g/mol. The number of Topliss-reactive ketones (excluding diaryl/α,β-unsaturated/α-hetero) is 1. The summed E-state index contributed by atoms with van der Waals surface area (Å²) in [5.74, 6) is 1.02. The van der Waals surface area contributed by atoms with Gasteiger partial charge in [0.1, 0.15) is 17.1 Å². The van der Waals surface area contributed by atoms with E-state index >= 15 is 0 Å². The Labute approximate surface area is 159 Å². The van der Waals surface area contributed by atoms with Crippen LogP contribution in [0.4, 0.5) is 0 Å². The van der Waals surface area contributed by atoms with Gasteiger partial charge in [0.05, 0.1) is 35.1 Å². The van der Waals surface area contributed by atoms with Crippen molar-refractivity contribution >= 4 is 28.7 Å². The third kappa shape index (κ3) is 2.97. The highest BCUT2D eigenvalue weighted by atomic mass is 35.5. The van der Waals surface area contributed by atoms with Crippen LogP contribution in [-0.4, -0.2) is 34.3 Å². The van der Waals surface area contributed by atoms with Crippen LogP contribution in [0, 0.1) is 0 Å². The third-order valence-corrected chi connectivity index (χ3v) is 5.35. The first kappa shape index (κ1) is 17.1. The molecular formula is C18H16ClN3O3S.